The molecule has 0 aromatic heterocycles. The normalized spacial score (nSPS) is 16.4. The van der Waals surface area contributed by atoms with Crippen molar-refractivity contribution in [1.82, 2.24) is 5.32 Å². The number of benzene rings is 1. The van der Waals surface area contributed by atoms with E-state index in [2.05, 4.69) is 0 Å². The number of rotatable bonds is 4. The maximum Gasteiger partial charge on any atom is 0.352 e. The van der Waals surface area contributed by atoms with Crippen LogP contribution in [0.15, 0.2) is 30.3 Å². The van der Waals surface area contributed by atoms with Gasteiger partial charge in [-0.15, -0.1) is 0 Å². The van der Waals surface area contributed by atoms with Crippen molar-refractivity contribution in [3.8, 4) is 0 Å². The van der Waals surface area contributed by atoms with Crippen molar-refractivity contribution in [1.29, 1.82) is 0 Å². The zero-order valence-electron chi connectivity index (χ0n) is 13.1. The smallest absolute Gasteiger partial charge is 0.352 e. The van der Waals surface area contributed by atoms with Crippen molar-refractivity contribution in [3.05, 3.63) is 35.9 Å². The fourth-order valence-corrected chi connectivity index (χ4v) is 3.78. The van der Waals surface area contributed by atoms with Crippen LogP contribution in [0.3, 0.4) is 0 Å². The monoisotopic (exact) mass is 433 g/mol. The Morgan fingerprint density at radius 2 is 1.60 bits per heavy atom. The zero-order chi connectivity index (χ0) is 18.9. The first kappa shape index (κ1) is 22.7. The van der Waals surface area contributed by atoms with E-state index in [1.165, 1.54) is 0 Å². The molecule has 1 heterocycles. The lowest BCUT2D eigenvalue weighted by molar-refractivity contribution is -0.120. The zero-order valence-corrected chi connectivity index (χ0v) is 16.3. The maximum absolute atomic E-state index is 11.7. The highest BCUT2D eigenvalue weighted by Crippen LogP contribution is 2.50. The van der Waals surface area contributed by atoms with Crippen LogP contribution in [0.1, 0.15) is 5.56 Å². The lowest BCUT2D eigenvalue weighted by Gasteiger charge is -2.26. The summed E-state index contributed by atoms with van der Waals surface area (Å²) in [5.74, 6) is -2.54. The molecule has 0 saturated carbocycles. The molecule has 1 amide bonds. The molecule has 1 aliphatic rings. The third kappa shape index (κ3) is 9.78. The van der Waals surface area contributed by atoms with Gasteiger partial charge < -0.3 is 24.6 Å². The van der Waals surface area contributed by atoms with Gasteiger partial charge in [0.15, 0.2) is 5.78 Å². The van der Waals surface area contributed by atoms with Gasteiger partial charge in [-0.2, -0.15) is 0 Å². The van der Waals surface area contributed by atoms with E-state index < -0.39 is 23.1 Å². The molecule has 11 heteroatoms. The van der Waals surface area contributed by atoms with E-state index in [0.717, 1.165) is 26.4 Å². The molecule has 3 N–H and O–H groups in total. The predicted octanol–water partition coefficient (Wildman–Crippen LogP) is 2.25. The highest BCUT2D eigenvalue weighted by Gasteiger charge is 2.46. The summed E-state index contributed by atoms with van der Waals surface area (Å²) in [5, 5.41) is 2.05. The first-order valence-electron chi connectivity index (χ1n) is 7.21. The van der Waals surface area contributed by atoms with Gasteiger partial charge in [-0.3, -0.25) is 9.36 Å². The van der Waals surface area contributed by atoms with Gasteiger partial charge in [-0.25, -0.2) is 0 Å². The molecule has 7 nitrogen and oxygen atoms in total. The van der Waals surface area contributed by atoms with Crippen LogP contribution < -0.4 is 5.32 Å². The first-order valence-corrected chi connectivity index (χ1v) is 10.0. The Morgan fingerprint density at radius 3 is 1.96 bits per heavy atom. The molecular formula is C14H19Cl3NO6P. The third-order valence-electron chi connectivity index (χ3n) is 2.90. The molecule has 1 unspecified atom stereocenters. The minimum Gasteiger partial charge on any atom is -0.377 e. The summed E-state index contributed by atoms with van der Waals surface area (Å²) in [4.78, 5) is 29.8. The van der Waals surface area contributed by atoms with Crippen molar-refractivity contribution in [3.63, 3.8) is 0 Å². The molecule has 0 radical (unpaired) electrons. The Bertz CT molecular complexity index is 562. The van der Waals surface area contributed by atoms with E-state index in [4.69, 9.17) is 54.1 Å². The summed E-state index contributed by atoms with van der Waals surface area (Å²) in [5.41, 5.74) is 0.675. The predicted molar refractivity (Wildman–Crippen MR) is 96.0 cm³/mol. The molecule has 0 aliphatic carbocycles. The molecule has 1 fully saturated rings. The molecule has 0 spiro atoms. The fourth-order valence-electron chi connectivity index (χ4n) is 1.78. The summed E-state index contributed by atoms with van der Waals surface area (Å²) < 4.78 is 18.8. The summed E-state index contributed by atoms with van der Waals surface area (Å²) in [6, 6.07) is 8.64. The van der Waals surface area contributed by atoms with Crippen LogP contribution in [0.25, 0.3) is 0 Å². The Morgan fingerprint density at radius 1 is 1.12 bits per heavy atom. The van der Waals surface area contributed by atoms with Crippen molar-refractivity contribution >= 4 is 48.3 Å². The van der Waals surface area contributed by atoms with E-state index in [1.54, 1.807) is 30.3 Å². The highest BCUT2D eigenvalue weighted by molar-refractivity contribution is 7.53. The molecule has 25 heavy (non-hydrogen) atoms. The van der Waals surface area contributed by atoms with Gasteiger partial charge in [0.05, 0.1) is 32.8 Å². The minimum absolute atomic E-state index is 0.0713. The number of halogens is 3. The van der Waals surface area contributed by atoms with E-state index in [0.29, 0.717) is 5.56 Å². The van der Waals surface area contributed by atoms with E-state index in [9.17, 15) is 9.36 Å². The second-order valence-electron chi connectivity index (χ2n) is 4.99. The quantitative estimate of drug-likeness (QED) is 0.496. The second kappa shape index (κ2) is 10.7. The van der Waals surface area contributed by atoms with Crippen molar-refractivity contribution in [2.75, 3.05) is 26.4 Å². The van der Waals surface area contributed by atoms with Gasteiger partial charge in [0.25, 0.3) is 0 Å². The number of alkyl halides is 3. The number of carbonyl (C=O) groups excluding carboxylic acids is 1. The summed E-state index contributed by atoms with van der Waals surface area (Å²) >= 11 is 16.4. The van der Waals surface area contributed by atoms with Crippen LogP contribution >= 0.6 is 42.4 Å². The van der Waals surface area contributed by atoms with Crippen LogP contribution in [-0.2, 0) is 25.3 Å². The second-order valence-corrected chi connectivity index (χ2v) is 9.05. The van der Waals surface area contributed by atoms with Gasteiger partial charge in [0, 0.05) is 0 Å². The number of nitrogens with one attached hydrogen (secondary N) is 1. The Hall–Kier alpha value is -0.370. The van der Waals surface area contributed by atoms with Gasteiger partial charge in [0.1, 0.15) is 0 Å². The van der Waals surface area contributed by atoms with E-state index >= 15 is 0 Å². The first-order chi connectivity index (χ1) is 11.6. The number of hydrogen-bond donors (Lipinski definition) is 3. The molecule has 1 aromatic rings. The molecule has 0 bridgehead atoms. The van der Waals surface area contributed by atoms with Crippen molar-refractivity contribution in [2.45, 2.75) is 16.0 Å². The van der Waals surface area contributed by atoms with Crippen molar-refractivity contribution in [2.24, 2.45) is 0 Å². The number of amides is 1. The molecule has 1 saturated heterocycles. The van der Waals surface area contributed by atoms with Crippen LogP contribution in [0.5, 0.6) is 0 Å². The lowest BCUT2D eigenvalue weighted by Crippen LogP contribution is -2.44. The van der Waals surface area contributed by atoms with Gasteiger partial charge in [-0.1, -0.05) is 65.1 Å². The number of ether oxygens (including phenoxy) is 2. The van der Waals surface area contributed by atoms with Crippen molar-refractivity contribution < 1.29 is 28.6 Å². The average molecular weight is 435 g/mol. The Balaban J connectivity index is 0.000000435. The molecule has 1 aliphatic heterocycles. The fraction of sp³-hybridized carbons (Fsp3) is 0.500. The maximum atomic E-state index is 11.7. The third-order valence-corrected chi connectivity index (χ3v) is 5.20. The Kier molecular flexibility index (Phi) is 9.70. The van der Waals surface area contributed by atoms with E-state index in [1.807, 2.05) is 5.32 Å². The SMILES string of the molecule is C1COCCO1.O=C(Cc1ccccc1)NC(C(Cl)(Cl)Cl)P(=O)(O)O. The molecular weight excluding hydrogens is 415 g/mol. The molecule has 1 atom stereocenters. The Labute approximate surface area is 160 Å². The van der Waals surface area contributed by atoms with Crippen LogP contribution in [0, 0.1) is 0 Å². The van der Waals surface area contributed by atoms with Gasteiger partial charge in [0.2, 0.25) is 9.70 Å². The number of carbonyl (C=O) groups is 1. The lowest BCUT2D eigenvalue weighted by atomic mass is 10.1. The molecule has 2 rings (SSSR count). The van der Waals surface area contributed by atoms with Gasteiger partial charge in [-0.05, 0) is 5.56 Å². The topological polar surface area (TPSA) is 105 Å². The minimum atomic E-state index is -4.78. The van der Waals surface area contributed by atoms with E-state index in [-0.39, 0.29) is 6.42 Å². The summed E-state index contributed by atoms with van der Waals surface area (Å²) in [6.45, 7) is 3.11. The molecule has 1 aromatic carbocycles. The van der Waals surface area contributed by atoms with Gasteiger partial charge >= 0.3 is 7.60 Å². The summed E-state index contributed by atoms with van der Waals surface area (Å²) in [7, 11) is -4.78. The van der Waals surface area contributed by atoms with Crippen LogP contribution in [0.4, 0.5) is 0 Å². The molecule has 142 valence electrons. The standard InChI is InChI=1S/C10H11Cl3NO4P.C4H8O2/c11-10(12,13)9(19(16,17)18)14-8(15)6-7-4-2-1-3-5-7;1-2-6-4-3-5-1/h1-5,9H,6H2,(H,14,15)(H2,16,17,18);1-4H2. The highest BCUT2D eigenvalue weighted by atomic mass is 35.6. The average Bonchev–Trinajstić information content (AvgIpc) is 2.54. The summed E-state index contributed by atoms with van der Waals surface area (Å²) in [6.07, 6.45) is -0.0713. The van der Waals surface area contributed by atoms with Crippen LogP contribution in [-0.4, -0.2) is 51.7 Å². The number of hydrogen-bond acceptors (Lipinski definition) is 4. The largest absolute Gasteiger partial charge is 0.377 e. The van der Waals surface area contributed by atoms with Crippen LogP contribution in [0.2, 0.25) is 0 Å².